The summed E-state index contributed by atoms with van der Waals surface area (Å²) in [7, 11) is 2.04. The van der Waals surface area contributed by atoms with Gasteiger partial charge in [0.2, 0.25) is 0 Å². The van der Waals surface area contributed by atoms with Crippen molar-refractivity contribution in [1.29, 1.82) is 0 Å². The molecule has 1 aliphatic carbocycles. The standard InChI is InChI=1S/C17H31N3S/c1-3-12-18-15(9-10-16-11-13-19-20(16)2)14-21-17-7-5-4-6-8-17/h11,13,15,17-18H,3-10,12,14H2,1-2H3. The van der Waals surface area contributed by atoms with Crippen LogP contribution in [0.4, 0.5) is 0 Å². The van der Waals surface area contributed by atoms with Crippen LogP contribution in [-0.4, -0.2) is 33.4 Å². The number of nitrogens with zero attached hydrogens (tertiary/aromatic N) is 2. The molecule has 1 atom stereocenters. The molecule has 0 saturated heterocycles. The zero-order valence-electron chi connectivity index (χ0n) is 13.7. The molecular weight excluding hydrogens is 278 g/mol. The number of aromatic nitrogens is 2. The molecule has 1 heterocycles. The Hall–Kier alpha value is -0.480. The first-order valence-corrected chi connectivity index (χ1v) is 9.66. The van der Waals surface area contributed by atoms with Crippen molar-refractivity contribution in [1.82, 2.24) is 15.1 Å². The van der Waals surface area contributed by atoms with Gasteiger partial charge >= 0.3 is 0 Å². The Morgan fingerprint density at radius 3 is 2.86 bits per heavy atom. The van der Waals surface area contributed by atoms with Crippen LogP contribution in [0.5, 0.6) is 0 Å². The molecular formula is C17H31N3S. The number of thioether (sulfide) groups is 1. The minimum Gasteiger partial charge on any atom is -0.313 e. The van der Waals surface area contributed by atoms with Gasteiger partial charge in [-0.05, 0) is 44.7 Å². The lowest BCUT2D eigenvalue weighted by Gasteiger charge is -2.24. The van der Waals surface area contributed by atoms with E-state index in [0.717, 1.165) is 18.2 Å². The summed E-state index contributed by atoms with van der Waals surface area (Å²) in [4.78, 5) is 0. The molecule has 0 bridgehead atoms. The summed E-state index contributed by atoms with van der Waals surface area (Å²) in [6, 6.07) is 2.79. The fraction of sp³-hybridized carbons (Fsp3) is 0.824. The molecule has 3 nitrogen and oxygen atoms in total. The van der Waals surface area contributed by atoms with Crippen molar-refractivity contribution in [2.24, 2.45) is 7.05 Å². The minimum absolute atomic E-state index is 0.645. The molecule has 1 N–H and O–H groups in total. The molecule has 0 spiro atoms. The average molecular weight is 310 g/mol. The Balaban J connectivity index is 1.75. The third kappa shape index (κ3) is 6.03. The zero-order chi connectivity index (χ0) is 14.9. The van der Waals surface area contributed by atoms with E-state index in [0.29, 0.717) is 6.04 Å². The highest BCUT2D eigenvalue weighted by molar-refractivity contribution is 7.99. The fourth-order valence-corrected chi connectivity index (χ4v) is 4.50. The second kappa shape index (κ2) is 9.52. The van der Waals surface area contributed by atoms with Crippen LogP contribution in [0, 0.1) is 0 Å². The van der Waals surface area contributed by atoms with Gasteiger partial charge in [-0.1, -0.05) is 26.2 Å². The van der Waals surface area contributed by atoms with Gasteiger partial charge in [0.1, 0.15) is 0 Å². The van der Waals surface area contributed by atoms with Crippen molar-refractivity contribution >= 4 is 11.8 Å². The first-order valence-electron chi connectivity index (χ1n) is 8.61. The van der Waals surface area contributed by atoms with Crippen molar-refractivity contribution in [3.63, 3.8) is 0 Å². The quantitative estimate of drug-likeness (QED) is 0.753. The van der Waals surface area contributed by atoms with E-state index < -0.39 is 0 Å². The summed E-state index contributed by atoms with van der Waals surface area (Å²) in [5.74, 6) is 1.27. The first-order chi connectivity index (χ1) is 10.3. The van der Waals surface area contributed by atoms with Crippen LogP contribution in [0.15, 0.2) is 12.3 Å². The Labute approximate surface area is 134 Å². The fourth-order valence-electron chi connectivity index (χ4n) is 3.05. The maximum absolute atomic E-state index is 4.27. The monoisotopic (exact) mass is 309 g/mol. The Bertz CT molecular complexity index is 385. The Morgan fingerprint density at radius 1 is 1.38 bits per heavy atom. The van der Waals surface area contributed by atoms with Crippen LogP contribution in [0.1, 0.15) is 57.6 Å². The van der Waals surface area contributed by atoms with Gasteiger partial charge in [-0.25, -0.2) is 0 Å². The van der Waals surface area contributed by atoms with Crippen LogP contribution < -0.4 is 5.32 Å². The molecule has 120 valence electrons. The van der Waals surface area contributed by atoms with Crippen molar-refractivity contribution in [2.45, 2.75) is 69.6 Å². The predicted molar refractivity (Wildman–Crippen MR) is 92.9 cm³/mol. The maximum Gasteiger partial charge on any atom is 0.0492 e. The number of nitrogens with one attached hydrogen (secondary N) is 1. The van der Waals surface area contributed by atoms with Gasteiger partial charge in [-0.15, -0.1) is 0 Å². The molecule has 1 saturated carbocycles. The van der Waals surface area contributed by atoms with Crippen LogP contribution in [0.3, 0.4) is 0 Å². The largest absolute Gasteiger partial charge is 0.313 e. The van der Waals surface area contributed by atoms with E-state index in [2.05, 4.69) is 35.2 Å². The molecule has 0 aromatic carbocycles. The van der Waals surface area contributed by atoms with Crippen molar-refractivity contribution in [2.75, 3.05) is 12.3 Å². The second-order valence-electron chi connectivity index (χ2n) is 6.23. The van der Waals surface area contributed by atoms with Gasteiger partial charge in [-0.3, -0.25) is 4.68 Å². The van der Waals surface area contributed by atoms with Gasteiger partial charge in [0.05, 0.1) is 0 Å². The van der Waals surface area contributed by atoms with Gasteiger partial charge < -0.3 is 5.32 Å². The normalized spacial score (nSPS) is 18.0. The second-order valence-corrected chi connectivity index (χ2v) is 7.56. The van der Waals surface area contributed by atoms with Crippen molar-refractivity contribution < 1.29 is 0 Å². The van der Waals surface area contributed by atoms with E-state index in [1.54, 1.807) is 0 Å². The highest BCUT2D eigenvalue weighted by Gasteiger charge is 2.16. The van der Waals surface area contributed by atoms with Crippen LogP contribution in [0.2, 0.25) is 0 Å². The number of rotatable bonds is 9. The highest BCUT2D eigenvalue weighted by Crippen LogP contribution is 2.29. The zero-order valence-corrected chi connectivity index (χ0v) is 14.5. The van der Waals surface area contributed by atoms with Gasteiger partial charge in [0.25, 0.3) is 0 Å². The molecule has 1 fully saturated rings. The Morgan fingerprint density at radius 2 is 2.19 bits per heavy atom. The van der Waals surface area contributed by atoms with Crippen LogP contribution >= 0.6 is 11.8 Å². The molecule has 0 radical (unpaired) electrons. The van der Waals surface area contributed by atoms with Crippen LogP contribution in [0.25, 0.3) is 0 Å². The summed E-state index contributed by atoms with van der Waals surface area (Å²) >= 11 is 2.21. The van der Waals surface area contributed by atoms with E-state index >= 15 is 0 Å². The summed E-state index contributed by atoms with van der Waals surface area (Å²) in [6.45, 7) is 3.39. The summed E-state index contributed by atoms with van der Waals surface area (Å²) in [5, 5.41) is 8.93. The van der Waals surface area contributed by atoms with E-state index in [-0.39, 0.29) is 0 Å². The molecule has 2 rings (SSSR count). The lowest BCUT2D eigenvalue weighted by Crippen LogP contribution is -2.33. The molecule has 1 unspecified atom stereocenters. The number of hydrogen-bond acceptors (Lipinski definition) is 3. The lowest BCUT2D eigenvalue weighted by atomic mass is 10.0. The number of hydrogen-bond donors (Lipinski definition) is 1. The number of aryl methyl sites for hydroxylation is 2. The Kier molecular flexibility index (Phi) is 7.65. The van der Waals surface area contributed by atoms with Crippen molar-refractivity contribution in [3.05, 3.63) is 18.0 Å². The topological polar surface area (TPSA) is 29.9 Å². The summed E-state index contributed by atoms with van der Waals surface area (Å²) in [5.41, 5.74) is 1.35. The molecule has 1 aliphatic rings. The molecule has 0 aliphatic heterocycles. The predicted octanol–water partition coefficient (Wildman–Crippen LogP) is 3.79. The van der Waals surface area contributed by atoms with E-state index in [9.17, 15) is 0 Å². The summed E-state index contributed by atoms with van der Waals surface area (Å²) in [6.07, 6.45) is 12.7. The van der Waals surface area contributed by atoms with E-state index in [1.807, 2.05) is 17.9 Å². The average Bonchev–Trinajstić information content (AvgIpc) is 2.93. The van der Waals surface area contributed by atoms with Crippen LogP contribution in [-0.2, 0) is 13.5 Å². The highest BCUT2D eigenvalue weighted by atomic mass is 32.2. The smallest absolute Gasteiger partial charge is 0.0492 e. The van der Waals surface area contributed by atoms with Crippen molar-refractivity contribution in [3.8, 4) is 0 Å². The third-order valence-corrected chi connectivity index (χ3v) is 5.98. The molecule has 1 aromatic rings. The molecule has 21 heavy (non-hydrogen) atoms. The molecule has 1 aromatic heterocycles. The lowest BCUT2D eigenvalue weighted by molar-refractivity contribution is 0.500. The first kappa shape index (κ1) is 16.9. The SMILES string of the molecule is CCCNC(CCc1ccnn1C)CSC1CCCCC1. The summed E-state index contributed by atoms with van der Waals surface area (Å²) < 4.78 is 2.01. The molecule has 4 heteroatoms. The third-order valence-electron chi connectivity index (χ3n) is 4.44. The minimum atomic E-state index is 0.645. The van der Waals surface area contributed by atoms with Gasteiger partial charge in [0, 0.05) is 36.0 Å². The van der Waals surface area contributed by atoms with E-state index in [1.165, 1.54) is 56.4 Å². The maximum atomic E-state index is 4.27. The molecule has 0 amide bonds. The van der Waals surface area contributed by atoms with Gasteiger partial charge in [-0.2, -0.15) is 16.9 Å². The van der Waals surface area contributed by atoms with Gasteiger partial charge in [0.15, 0.2) is 0 Å². The van der Waals surface area contributed by atoms with E-state index in [4.69, 9.17) is 0 Å².